The smallest absolute Gasteiger partial charge is 0.307 e. The van der Waals surface area contributed by atoms with E-state index in [0.717, 1.165) is 24.2 Å². The van der Waals surface area contributed by atoms with E-state index in [1.165, 1.54) is 0 Å². The van der Waals surface area contributed by atoms with Crippen molar-refractivity contribution in [1.82, 2.24) is 4.90 Å². The fourth-order valence-electron chi connectivity index (χ4n) is 2.74. The number of nitrogens with zero attached hydrogens (tertiary/aromatic N) is 1. The third kappa shape index (κ3) is 2.86. The number of hydrogen-bond donors (Lipinski definition) is 1. The van der Waals surface area contributed by atoms with Gasteiger partial charge in [-0.15, -0.1) is 0 Å². The summed E-state index contributed by atoms with van der Waals surface area (Å²) in [5.74, 6) is -0.937. The molecular formula is C16H19NO4. The van der Waals surface area contributed by atoms with Crippen LogP contribution in [-0.2, 0) is 16.1 Å². The number of methoxy groups -OCH3 is 1. The molecule has 1 aromatic rings. The van der Waals surface area contributed by atoms with E-state index >= 15 is 0 Å². The number of aliphatic carboxylic acids is 1. The lowest BCUT2D eigenvalue weighted by Crippen LogP contribution is -2.34. The zero-order chi connectivity index (χ0) is 15.0. The zero-order valence-electron chi connectivity index (χ0n) is 12.0. The molecule has 0 radical (unpaired) electrons. The molecule has 1 N–H and O–H groups in total. The van der Waals surface area contributed by atoms with E-state index in [2.05, 4.69) is 0 Å². The Morgan fingerprint density at radius 2 is 2.00 bits per heavy atom. The Morgan fingerprint density at radius 3 is 2.57 bits per heavy atom. The quantitative estimate of drug-likeness (QED) is 0.868. The maximum atomic E-state index is 12.5. The number of carboxylic acids is 1. The first-order chi connectivity index (χ1) is 10.1. The van der Waals surface area contributed by atoms with Gasteiger partial charge in [-0.1, -0.05) is 18.2 Å². The number of amides is 1. The number of rotatable bonds is 6. The zero-order valence-corrected chi connectivity index (χ0v) is 12.0. The summed E-state index contributed by atoms with van der Waals surface area (Å²) in [4.78, 5) is 25.3. The summed E-state index contributed by atoms with van der Waals surface area (Å²) in [6, 6.07) is 7.90. The minimum Gasteiger partial charge on any atom is -0.496 e. The fourth-order valence-corrected chi connectivity index (χ4v) is 2.74. The molecule has 5 nitrogen and oxygen atoms in total. The highest BCUT2D eigenvalue weighted by Gasteiger charge is 2.51. The Bertz CT molecular complexity index is 567. The second-order valence-corrected chi connectivity index (χ2v) is 5.80. The Hall–Kier alpha value is -2.04. The number of carbonyl (C=O) groups is 2. The molecule has 0 spiro atoms. The lowest BCUT2D eigenvalue weighted by Gasteiger charge is -2.23. The molecule has 0 aromatic heterocycles. The van der Waals surface area contributed by atoms with Crippen LogP contribution >= 0.6 is 0 Å². The SMILES string of the molecule is COc1ccccc1CN(C(=O)[C@@H]1C[C@H]1C(=O)O)C1CC1. The van der Waals surface area contributed by atoms with Crippen molar-refractivity contribution in [2.24, 2.45) is 11.8 Å². The highest BCUT2D eigenvalue weighted by atomic mass is 16.5. The minimum absolute atomic E-state index is 0.0178. The fraction of sp³-hybridized carbons (Fsp3) is 0.500. The summed E-state index contributed by atoms with van der Waals surface area (Å²) < 4.78 is 5.33. The van der Waals surface area contributed by atoms with Crippen LogP contribution < -0.4 is 4.74 Å². The molecule has 1 aromatic carbocycles. The molecule has 0 heterocycles. The number of benzene rings is 1. The molecule has 2 fully saturated rings. The third-order valence-electron chi connectivity index (χ3n) is 4.23. The van der Waals surface area contributed by atoms with Crippen LogP contribution in [-0.4, -0.2) is 35.0 Å². The molecule has 0 saturated heterocycles. The first kappa shape index (κ1) is 13.9. The standard InChI is InChI=1S/C16H19NO4/c1-21-14-5-3-2-4-10(14)9-17(11-6-7-11)15(18)12-8-13(12)16(19)20/h2-5,11-13H,6-9H2,1H3,(H,19,20)/t12-,13-/m1/s1. The van der Waals surface area contributed by atoms with Gasteiger partial charge in [-0.05, 0) is 25.3 Å². The maximum Gasteiger partial charge on any atom is 0.307 e. The van der Waals surface area contributed by atoms with Crippen LogP contribution in [0, 0.1) is 11.8 Å². The molecule has 2 aliphatic carbocycles. The predicted octanol–water partition coefficient (Wildman–Crippen LogP) is 1.91. The summed E-state index contributed by atoms with van der Waals surface area (Å²) in [7, 11) is 1.61. The minimum atomic E-state index is -0.860. The van der Waals surface area contributed by atoms with E-state index in [-0.39, 0.29) is 17.9 Å². The van der Waals surface area contributed by atoms with Crippen LogP contribution in [0.15, 0.2) is 24.3 Å². The van der Waals surface area contributed by atoms with Crippen molar-refractivity contribution in [3.63, 3.8) is 0 Å². The number of hydrogen-bond acceptors (Lipinski definition) is 3. The van der Waals surface area contributed by atoms with Crippen LogP contribution in [0.25, 0.3) is 0 Å². The summed E-state index contributed by atoms with van der Waals surface area (Å²) in [6.07, 6.45) is 2.49. The Balaban J connectivity index is 1.74. The summed E-state index contributed by atoms with van der Waals surface area (Å²) in [5.41, 5.74) is 0.966. The van der Waals surface area contributed by atoms with Gasteiger partial charge in [0.25, 0.3) is 0 Å². The van der Waals surface area contributed by atoms with Gasteiger partial charge in [-0.3, -0.25) is 9.59 Å². The van der Waals surface area contributed by atoms with Gasteiger partial charge in [-0.2, -0.15) is 0 Å². The van der Waals surface area contributed by atoms with Crippen LogP contribution in [0.2, 0.25) is 0 Å². The molecule has 1 amide bonds. The molecule has 0 unspecified atom stereocenters. The summed E-state index contributed by atoms with van der Waals surface area (Å²) >= 11 is 0. The monoisotopic (exact) mass is 289 g/mol. The molecular weight excluding hydrogens is 270 g/mol. The van der Waals surface area contributed by atoms with E-state index in [4.69, 9.17) is 9.84 Å². The molecule has 0 bridgehead atoms. The second-order valence-electron chi connectivity index (χ2n) is 5.80. The number of carbonyl (C=O) groups excluding carboxylic acids is 1. The molecule has 0 aliphatic heterocycles. The Labute approximate surface area is 123 Å². The van der Waals surface area contributed by atoms with E-state index in [1.807, 2.05) is 29.2 Å². The lowest BCUT2D eigenvalue weighted by molar-refractivity contribution is -0.142. The Kier molecular flexibility index (Phi) is 3.57. The van der Waals surface area contributed by atoms with Gasteiger partial charge < -0.3 is 14.7 Å². The number of para-hydroxylation sites is 1. The van der Waals surface area contributed by atoms with Crippen LogP contribution in [0.1, 0.15) is 24.8 Å². The second kappa shape index (κ2) is 5.39. The molecule has 112 valence electrons. The van der Waals surface area contributed by atoms with Crippen molar-refractivity contribution in [3.05, 3.63) is 29.8 Å². The molecule has 21 heavy (non-hydrogen) atoms. The summed E-state index contributed by atoms with van der Waals surface area (Å²) in [6.45, 7) is 0.496. The maximum absolute atomic E-state index is 12.5. The van der Waals surface area contributed by atoms with Gasteiger partial charge in [0.2, 0.25) is 5.91 Å². The summed E-state index contributed by atoms with van der Waals surface area (Å²) in [5, 5.41) is 8.99. The van der Waals surface area contributed by atoms with Crippen molar-refractivity contribution < 1.29 is 19.4 Å². The first-order valence-corrected chi connectivity index (χ1v) is 7.27. The van der Waals surface area contributed by atoms with E-state index < -0.39 is 11.9 Å². The normalized spacial score (nSPS) is 23.5. The van der Waals surface area contributed by atoms with Crippen molar-refractivity contribution in [2.45, 2.75) is 31.8 Å². The van der Waals surface area contributed by atoms with Crippen molar-refractivity contribution in [1.29, 1.82) is 0 Å². The molecule has 5 heteroatoms. The predicted molar refractivity (Wildman–Crippen MR) is 75.8 cm³/mol. The van der Waals surface area contributed by atoms with Crippen LogP contribution in [0.4, 0.5) is 0 Å². The van der Waals surface area contributed by atoms with Crippen LogP contribution in [0.3, 0.4) is 0 Å². The molecule has 2 saturated carbocycles. The largest absolute Gasteiger partial charge is 0.496 e. The van der Waals surface area contributed by atoms with Crippen molar-refractivity contribution in [3.8, 4) is 5.75 Å². The average molecular weight is 289 g/mol. The molecule has 2 atom stereocenters. The van der Waals surface area contributed by atoms with Crippen molar-refractivity contribution in [2.75, 3.05) is 7.11 Å². The van der Waals surface area contributed by atoms with Crippen molar-refractivity contribution >= 4 is 11.9 Å². The molecule has 3 rings (SSSR count). The average Bonchev–Trinajstić information content (AvgIpc) is 3.37. The molecule has 2 aliphatic rings. The van der Waals surface area contributed by atoms with Gasteiger partial charge in [0.05, 0.1) is 18.9 Å². The Morgan fingerprint density at radius 1 is 1.29 bits per heavy atom. The topological polar surface area (TPSA) is 66.8 Å². The highest BCUT2D eigenvalue weighted by Crippen LogP contribution is 2.43. The lowest BCUT2D eigenvalue weighted by atomic mass is 10.1. The first-order valence-electron chi connectivity index (χ1n) is 7.27. The van der Waals surface area contributed by atoms with Gasteiger partial charge >= 0.3 is 5.97 Å². The number of carboxylic acid groups (broad SMARTS) is 1. The van der Waals surface area contributed by atoms with Crippen LogP contribution in [0.5, 0.6) is 5.75 Å². The third-order valence-corrected chi connectivity index (χ3v) is 4.23. The van der Waals surface area contributed by atoms with E-state index in [0.29, 0.717) is 13.0 Å². The van der Waals surface area contributed by atoms with Gasteiger partial charge in [0, 0.05) is 18.2 Å². The van der Waals surface area contributed by atoms with Gasteiger partial charge in [0.15, 0.2) is 0 Å². The highest BCUT2D eigenvalue weighted by molar-refractivity contribution is 5.89. The van der Waals surface area contributed by atoms with Gasteiger partial charge in [0.1, 0.15) is 5.75 Å². The van der Waals surface area contributed by atoms with E-state index in [1.54, 1.807) is 7.11 Å². The number of ether oxygens (including phenoxy) is 1. The van der Waals surface area contributed by atoms with Gasteiger partial charge in [-0.25, -0.2) is 0 Å². The van der Waals surface area contributed by atoms with E-state index in [9.17, 15) is 9.59 Å².